The molecule has 5 nitrogen and oxygen atoms in total. The van der Waals surface area contributed by atoms with Gasteiger partial charge in [-0.1, -0.05) is 23.7 Å². The molecule has 3 heterocycles. The number of halogens is 2. The molecule has 0 bridgehead atoms. The number of benzene rings is 1. The first-order chi connectivity index (χ1) is 11.5. The van der Waals surface area contributed by atoms with Crippen molar-refractivity contribution in [2.24, 2.45) is 18.9 Å². The molecule has 0 saturated carbocycles. The Balaban J connectivity index is 1.73. The fraction of sp³-hybridized carbons (Fsp3) is 0.412. The van der Waals surface area contributed by atoms with Gasteiger partial charge in [0.2, 0.25) is 0 Å². The molecule has 24 heavy (non-hydrogen) atoms. The van der Waals surface area contributed by atoms with Gasteiger partial charge in [-0.05, 0) is 23.6 Å². The number of hydrogen-bond donors (Lipinski definition) is 1. The predicted molar refractivity (Wildman–Crippen MR) is 88.2 cm³/mol. The van der Waals surface area contributed by atoms with Gasteiger partial charge in [-0.3, -0.25) is 9.48 Å². The third-order valence-electron chi connectivity index (χ3n) is 5.00. The summed E-state index contributed by atoms with van der Waals surface area (Å²) < 4.78 is 15.3. The van der Waals surface area contributed by atoms with Crippen molar-refractivity contribution in [2.45, 2.75) is 6.04 Å². The molecule has 1 aromatic heterocycles. The van der Waals surface area contributed by atoms with E-state index in [0.717, 1.165) is 18.7 Å². The summed E-state index contributed by atoms with van der Waals surface area (Å²) in [5.41, 5.74) is 1.08. The van der Waals surface area contributed by atoms with Crippen LogP contribution in [0.3, 0.4) is 0 Å². The van der Waals surface area contributed by atoms with Crippen LogP contribution in [0.2, 0.25) is 5.02 Å². The van der Waals surface area contributed by atoms with Crippen LogP contribution in [-0.2, 0) is 7.05 Å². The summed E-state index contributed by atoms with van der Waals surface area (Å²) >= 11 is 6.15. The summed E-state index contributed by atoms with van der Waals surface area (Å²) in [4.78, 5) is 14.8. The van der Waals surface area contributed by atoms with Crippen molar-refractivity contribution in [1.29, 1.82) is 0 Å². The summed E-state index contributed by atoms with van der Waals surface area (Å²) in [7, 11) is 1.73. The van der Waals surface area contributed by atoms with Gasteiger partial charge in [0.05, 0.1) is 11.1 Å². The average Bonchev–Trinajstić information content (AvgIpc) is 3.20. The van der Waals surface area contributed by atoms with Crippen LogP contribution in [0, 0.1) is 17.7 Å². The van der Waals surface area contributed by atoms with Crippen LogP contribution in [0.15, 0.2) is 30.5 Å². The Morgan fingerprint density at radius 3 is 2.96 bits per heavy atom. The van der Waals surface area contributed by atoms with E-state index in [-0.39, 0.29) is 29.4 Å². The Labute approximate surface area is 144 Å². The quantitative estimate of drug-likeness (QED) is 0.905. The summed E-state index contributed by atoms with van der Waals surface area (Å²) in [6.45, 7) is 2.33. The number of fused-ring (bicyclic) bond motifs is 1. The van der Waals surface area contributed by atoms with E-state index < -0.39 is 0 Å². The lowest BCUT2D eigenvalue weighted by Crippen LogP contribution is -2.35. The summed E-state index contributed by atoms with van der Waals surface area (Å²) in [6, 6.07) is 6.35. The summed E-state index contributed by atoms with van der Waals surface area (Å²) in [6.07, 6.45) is 1.62. The maximum absolute atomic E-state index is 13.7. The number of amides is 1. The fourth-order valence-electron chi connectivity index (χ4n) is 3.99. The second-order valence-electron chi connectivity index (χ2n) is 6.54. The SMILES string of the molecule is Cn1cc(Cl)c(C(=O)N2C[C@@H]3CNC[C@@H]3[C@H]2c2cccc(F)c2)n1. The minimum atomic E-state index is -0.287. The van der Waals surface area contributed by atoms with Gasteiger partial charge < -0.3 is 10.2 Å². The molecule has 0 spiro atoms. The Kier molecular flexibility index (Phi) is 3.81. The van der Waals surface area contributed by atoms with E-state index in [1.165, 1.54) is 16.8 Å². The minimum Gasteiger partial charge on any atom is -0.329 e. The lowest BCUT2D eigenvalue weighted by atomic mass is 9.89. The van der Waals surface area contributed by atoms with Crippen molar-refractivity contribution in [3.05, 3.63) is 52.6 Å². The molecule has 7 heteroatoms. The smallest absolute Gasteiger partial charge is 0.276 e. The van der Waals surface area contributed by atoms with Gasteiger partial charge in [0.15, 0.2) is 5.69 Å². The van der Waals surface area contributed by atoms with Gasteiger partial charge in [-0.15, -0.1) is 0 Å². The molecule has 2 aliphatic rings. The molecule has 3 atom stereocenters. The maximum atomic E-state index is 13.7. The standard InChI is InChI=1S/C17H18ClFN4O/c1-22-9-14(18)15(21-22)17(24)23-8-11-6-20-7-13(11)16(23)10-3-2-4-12(19)5-10/h2-5,9,11,13,16,20H,6-8H2,1H3/t11-,13-,16+/m0/s1. The molecule has 1 amide bonds. The molecule has 1 aromatic carbocycles. The van der Waals surface area contributed by atoms with Crippen molar-refractivity contribution >= 4 is 17.5 Å². The van der Waals surface area contributed by atoms with E-state index in [0.29, 0.717) is 17.5 Å². The number of rotatable bonds is 2. The highest BCUT2D eigenvalue weighted by atomic mass is 35.5. The number of likely N-dealkylation sites (tertiary alicyclic amines) is 1. The Bertz CT molecular complexity index is 793. The lowest BCUT2D eigenvalue weighted by molar-refractivity contribution is 0.0707. The molecular formula is C17H18ClFN4O. The zero-order chi connectivity index (χ0) is 16.8. The van der Waals surface area contributed by atoms with Crippen molar-refractivity contribution in [2.75, 3.05) is 19.6 Å². The van der Waals surface area contributed by atoms with Gasteiger partial charge in [-0.2, -0.15) is 5.10 Å². The van der Waals surface area contributed by atoms with Crippen LogP contribution >= 0.6 is 11.6 Å². The average molecular weight is 349 g/mol. The maximum Gasteiger partial charge on any atom is 0.276 e. The van der Waals surface area contributed by atoms with Crippen molar-refractivity contribution < 1.29 is 9.18 Å². The Morgan fingerprint density at radius 1 is 1.42 bits per heavy atom. The highest BCUT2D eigenvalue weighted by Gasteiger charge is 2.47. The number of nitrogens with zero attached hydrogens (tertiary/aromatic N) is 3. The predicted octanol–water partition coefficient (Wildman–Crippen LogP) is 2.25. The summed E-state index contributed by atoms with van der Waals surface area (Å²) in [5.74, 6) is 0.164. The Hall–Kier alpha value is -1.92. The fourth-order valence-corrected chi connectivity index (χ4v) is 4.25. The number of nitrogens with one attached hydrogen (secondary N) is 1. The Morgan fingerprint density at radius 2 is 2.25 bits per heavy atom. The normalized spacial score (nSPS) is 26.0. The van der Waals surface area contributed by atoms with E-state index in [2.05, 4.69) is 10.4 Å². The second kappa shape index (κ2) is 5.86. The number of aryl methyl sites for hydroxylation is 1. The monoisotopic (exact) mass is 348 g/mol. The third kappa shape index (κ3) is 2.50. The van der Waals surface area contributed by atoms with Crippen LogP contribution in [0.1, 0.15) is 22.1 Å². The van der Waals surface area contributed by atoms with Crippen LogP contribution in [0.25, 0.3) is 0 Å². The van der Waals surface area contributed by atoms with Gasteiger partial charge >= 0.3 is 0 Å². The molecule has 2 fully saturated rings. The molecule has 0 radical (unpaired) electrons. The van der Waals surface area contributed by atoms with Crippen molar-refractivity contribution in [3.8, 4) is 0 Å². The van der Waals surface area contributed by atoms with Gasteiger partial charge in [0.1, 0.15) is 5.82 Å². The number of aromatic nitrogens is 2. The first kappa shape index (κ1) is 15.6. The molecule has 2 saturated heterocycles. The van der Waals surface area contributed by atoms with E-state index in [4.69, 9.17) is 11.6 Å². The first-order valence-corrected chi connectivity index (χ1v) is 8.38. The molecule has 4 rings (SSSR count). The topological polar surface area (TPSA) is 50.2 Å². The second-order valence-corrected chi connectivity index (χ2v) is 6.95. The summed E-state index contributed by atoms with van der Waals surface area (Å²) in [5, 5.41) is 7.92. The van der Waals surface area contributed by atoms with Crippen LogP contribution < -0.4 is 5.32 Å². The minimum absolute atomic E-state index is 0.161. The van der Waals surface area contributed by atoms with Crippen LogP contribution in [0.5, 0.6) is 0 Å². The molecule has 1 N–H and O–H groups in total. The van der Waals surface area contributed by atoms with E-state index in [1.807, 2.05) is 6.07 Å². The molecular weight excluding hydrogens is 331 g/mol. The van der Waals surface area contributed by atoms with Gasteiger partial charge in [0, 0.05) is 38.8 Å². The lowest BCUT2D eigenvalue weighted by Gasteiger charge is -2.28. The third-order valence-corrected chi connectivity index (χ3v) is 5.28. The van der Waals surface area contributed by atoms with E-state index >= 15 is 0 Å². The first-order valence-electron chi connectivity index (χ1n) is 8.01. The highest BCUT2D eigenvalue weighted by molar-refractivity contribution is 6.33. The molecule has 126 valence electrons. The molecule has 2 aliphatic heterocycles. The van der Waals surface area contributed by atoms with Crippen LogP contribution in [-0.4, -0.2) is 40.2 Å². The molecule has 0 aliphatic carbocycles. The number of hydrogen-bond acceptors (Lipinski definition) is 3. The van der Waals surface area contributed by atoms with Crippen molar-refractivity contribution in [1.82, 2.24) is 20.0 Å². The number of carbonyl (C=O) groups is 1. The number of carbonyl (C=O) groups excluding carboxylic acids is 1. The highest BCUT2D eigenvalue weighted by Crippen LogP contribution is 2.43. The van der Waals surface area contributed by atoms with E-state index in [1.54, 1.807) is 24.2 Å². The zero-order valence-corrected chi connectivity index (χ0v) is 14.0. The van der Waals surface area contributed by atoms with E-state index in [9.17, 15) is 9.18 Å². The molecule has 0 unspecified atom stereocenters. The van der Waals surface area contributed by atoms with Gasteiger partial charge in [-0.25, -0.2) is 4.39 Å². The molecule has 2 aromatic rings. The van der Waals surface area contributed by atoms with Crippen molar-refractivity contribution in [3.63, 3.8) is 0 Å². The zero-order valence-electron chi connectivity index (χ0n) is 13.2. The largest absolute Gasteiger partial charge is 0.329 e. The van der Waals surface area contributed by atoms with Gasteiger partial charge in [0.25, 0.3) is 5.91 Å². The van der Waals surface area contributed by atoms with Crippen LogP contribution in [0.4, 0.5) is 4.39 Å².